The molecule has 0 unspecified atom stereocenters. The van der Waals surface area contributed by atoms with E-state index in [-0.39, 0.29) is 5.91 Å². The monoisotopic (exact) mass is 229 g/mol. The number of rotatable bonds is 1. The van der Waals surface area contributed by atoms with Crippen molar-refractivity contribution < 1.29 is 4.79 Å². The molecule has 1 aromatic rings. The summed E-state index contributed by atoms with van der Waals surface area (Å²) < 4.78 is 0. The Morgan fingerprint density at radius 2 is 2.24 bits per heavy atom. The Balaban J connectivity index is 2.56. The maximum atomic E-state index is 11.6. The van der Waals surface area contributed by atoms with Gasteiger partial charge in [-0.3, -0.25) is 4.79 Å². The van der Waals surface area contributed by atoms with Crippen molar-refractivity contribution in [1.29, 1.82) is 5.26 Å². The van der Waals surface area contributed by atoms with Gasteiger partial charge in [0, 0.05) is 19.0 Å². The summed E-state index contributed by atoms with van der Waals surface area (Å²) in [6.45, 7) is 4.85. The van der Waals surface area contributed by atoms with Crippen molar-refractivity contribution in [2.45, 2.75) is 26.3 Å². The predicted molar refractivity (Wildman–Crippen MR) is 66.9 cm³/mol. The molecule has 0 bridgehead atoms. The fraction of sp³-hybridized carbons (Fsp3) is 0.385. The first-order valence-electron chi connectivity index (χ1n) is 5.73. The third-order valence-corrected chi connectivity index (χ3v) is 2.94. The maximum Gasteiger partial charge on any atom is 0.226 e. The molecule has 0 spiro atoms. The van der Waals surface area contributed by atoms with E-state index >= 15 is 0 Å². The highest BCUT2D eigenvalue weighted by atomic mass is 16.1. The SMILES string of the molecule is CC(C)N1CCC(=O)Nc2c(C#N)cccc21. The van der Waals surface area contributed by atoms with E-state index in [4.69, 9.17) is 5.26 Å². The number of carbonyl (C=O) groups excluding carboxylic acids is 1. The molecule has 1 aliphatic rings. The first-order valence-corrected chi connectivity index (χ1v) is 5.73. The normalized spacial score (nSPS) is 14.9. The lowest BCUT2D eigenvalue weighted by Gasteiger charge is -2.28. The van der Waals surface area contributed by atoms with E-state index < -0.39 is 0 Å². The number of para-hydroxylation sites is 1. The lowest BCUT2D eigenvalue weighted by atomic mass is 10.1. The van der Waals surface area contributed by atoms with Gasteiger partial charge in [-0.1, -0.05) is 6.07 Å². The molecule has 0 aliphatic carbocycles. The molecule has 4 heteroatoms. The molecule has 0 saturated heterocycles. The van der Waals surface area contributed by atoms with Crippen LogP contribution in [0, 0.1) is 11.3 Å². The zero-order chi connectivity index (χ0) is 12.4. The minimum Gasteiger partial charge on any atom is -0.367 e. The molecule has 0 fully saturated rings. The van der Waals surface area contributed by atoms with Crippen molar-refractivity contribution in [3.63, 3.8) is 0 Å². The summed E-state index contributed by atoms with van der Waals surface area (Å²) >= 11 is 0. The average molecular weight is 229 g/mol. The van der Waals surface area contributed by atoms with Crippen molar-refractivity contribution in [2.24, 2.45) is 0 Å². The molecule has 1 N–H and O–H groups in total. The van der Waals surface area contributed by atoms with E-state index in [0.717, 1.165) is 5.69 Å². The lowest BCUT2D eigenvalue weighted by Crippen LogP contribution is -2.31. The van der Waals surface area contributed by atoms with Crippen LogP contribution < -0.4 is 10.2 Å². The van der Waals surface area contributed by atoms with Crippen LogP contribution in [-0.4, -0.2) is 18.5 Å². The second-order valence-electron chi connectivity index (χ2n) is 4.40. The zero-order valence-corrected chi connectivity index (χ0v) is 10.0. The molecular weight excluding hydrogens is 214 g/mol. The Hall–Kier alpha value is -2.02. The van der Waals surface area contributed by atoms with E-state index in [1.54, 1.807) is 6.07 Å². The van der Waals surface area contributed by atoms with Crippen LogP contribution in [0.15, 0.2) is 18.2 Å². The second-order valence-corrected chi connectivity index (χ2v) is 4.40. The van der Waals surface area contributed by atoms with Crippen molar-refractivity contribution in [3.8, 4) is 6.07 Å². The van der Waals surface area contributed by atoms with Crippen LogP contribution in [0.25, 0.3) is 0 Å². The summed E-state index contributed by atoms with van der Waals surface area (Å²) in [5.41, 5.74) is 2.10. The Morgan fingerprint density at radius 1 is 1.47 bits per heavy atom. The number of fused-ring (bicyclic) bond motifs is 1. The first kappa shape index (κ1) is 11.5. The van der Waals surface area contributed by atoms with Gasteiger partial charge in [0.2, 0.25) is 5.91 Å². The molecule has 1 aromatic carbocycles. The van der Waals surface area contributed by atoms with Crippen LogP contribution in [0.1, 0.15) is 25.8 Å². The molecule has 0 aromatic heterocycles. The summed E-state index contributed by atoms with van der Waals surface area (Å²) in [5.74, 6) is -0.0305. The smallest absolute Gasteiger partial charge is 0.226 e. The van der Waals surface area contributed by atoms with Crippen LogP contribution in [0.3, 0.4) is 0 Å². The highest BCUT2D eigenvalue weighted by Crippen LogP contribution is 2.32. The molecule has 0 saturated carbocycles. The largest absolute Gasteiger partial charge is 0.367 e. The molecule has 17 heavy (non-hydrogen) atoms. The summed E-state index contributed by atoms with van der Waals surface area (Å²) in [7, 11) is 0. The molecule has 0 radical (unpaired) electrons. The summed E-state index contributed by atoms with van der Waals surface area (Å²) in [5, 5.41) is 11.9. The number of anilines is 2. The van der Waals surface area contributed by atoms with Crippen LogP contribution in [0.4, 0.5) is 11.4 Å². The van der Waals surface area contributed by atoms with Gasteiger partial charge in [-0.2, -0.15) is 5.26 Å². The first-order chi connectivity index (χ1) is 8.13. The van der Waals surface area contributed by atoms with Gasteiger partial charge in [0.15, 0.2) is 0 Å². The van der Waals surface area contributed by atoms with Crippen molar-refractivity contribution in [3.05, 3.63) is 23.8 Å². The lowest BCUT2D eigenvalue weighted by molar-refractivity contribution is -0.115. The second kappa shape index (κ2) is 4.46. The Bertz CT molecular complexity index is 488. The van der Waals surface area contributed by atoms with E-state index in [1.807, 2.05) is 12.1 Å². The van der Waals surface area contributed by atoms with Gasteiger partial charge in [-0.05, 0) is 26.0 Å². The highest BCUT2D eigenvalue weighted by Gasteiger charge is 2.22. The van der Waals surface area contributed by atoms with Gasteiger partial charge >= 0.3 is 0 Å². The van der Waals surface area contributed by atoms with E-state index in [1.165, 1.54) is 0 Å². The van der Waals surface area contributed by atoms with Gasteiger partial charge in [0.1, 0.15) is 6.07 Å². The molecule has 88 valence electrons. The summed E-state index contributed by atoms with van der Waals surface area (Å²) in [6.07, 6.45) is 0.456. The van der Waals surface area contributed by atoms with Crippen molar-refractivity contribution in [2.75, 3.05) is 16.8 Å². The third-order valence-electron chi connectivity index (χ3n) is 2.94. The number of benzene rings is 1. The summed E-state index contributed by atoms with van der Waals surface area (Å²) in [6, 6.07) is 7.95. The molecule has 0 atom stereocenters. The fourth-order valence-corrected chi connectivity index (χ4v) is 2.08. The number of nitrogens with one attached hydrogen (secondary N) is 1. The number of carbonyl (C=O) groups is 1. The summed E-state index contributed by atoms with van der Waals surface area (Å²) in [4.78, 5) is 13.8. The molecule has 4 nitrogen and oxygen atoms in total. The zero-order valence-electron chi connectivity index (χ0n) is 10.0. The number of nitriles is 1. The van der Waals surface area contributed by atoms with Crippen LogP contribution in [0.5, 0.6) is 0 Å². The Morgan fingerprint density at radius 3 is 2.88 bits per heavy atom. The Kier molecular flexibility index (Phi) is 3.01. The topological polar surface area (TPSA) is 56.1 Å². The molecular formula is C13H15N3O. The van der Waals surface area contributed by atoms with Crippen molar-refractivity contribution >= 4 is 17.3 Å². The van der Waals surface area contributed by atoms with E-state index in [2.05, 4.69) is 30.1 Å². The minimum atomic E-state index is -0.0305. The number of nitrogens with zero attached hydrogens (tertiary/aromatic N) is 2. The van der Waals surface area contributed by atoms with Gasteiger partial charge in [0.25, 0.3) is 0 Å². The van der Waals surface area contributed by atoms with Gasteiger partial charge < -0.3 is 10.2 Å². The van der Waals surface area contributed by atoms with E-state index in [0.29, 0.717) is 30.3 Å². The van der Waals surface area contributed by atoms with E-state index in [9.17, 15) is 4.79 Å². The number of hydrogen-bond donors (Lipinski definition) is 1. The highest BCUT2D eigenvalue weighted by molar-refractivity contribution is 5.98. The molecule has 1 heterocycles. The van der Waals surface area contributed by atoms with Crippen LogP contribution in [-0.2, 0) is 4.79 Å². The van der Waals surface area contributed by atoms with Gasteiger partial charge in [0.05, 0.1) is 16.9 Å². The predicted octanol–water partition coefficient (Wildman–Crippen LogP) is 2.12. The quantitative estimate of drug-likeness (QED) is 0.802. The number of amides is 1. The molecule has 1 aliphatic heterocycles. The van der Waals surface area contributed by atoms with Gasteiger partial charge in [-0.25, -0.2) is 0 Å². The standard InChI is InChI=1S/C13H15N3O/c1-9(2)16-7-6-12(17)15-13-10(8-14)4-3-5-11(13)16/h3-5,9H,6-7H2,1-2H3,(H,15,17). The number of hydrogen-bond acceptors (Lipinski definition) is 3. The van der Waals surface area contributed by atoms with Crippen molar-refractivity contribution in [1.82, 2.24) is 0 Å². The van der Waals surface area contributed by atoms with Crippen LogP contribution >= 0.6 is 0 Å². The maximum absolute atomic E-state index is 11.6. The molecule has 1 amide bonds. The third kappa shape index (κ3) is 2.09. The fourth-order valence-electron chi connectivity index (χ4n) is 2.08. The van der Waals surface area contributed by atoms with Crippen LogP contribution in [0.2, 0.25) is 0 Å². The Labute approximate surface area is 101 Å². The minimum absolute atomic E-state index is 0.0305. The van der Waals surface area contributed by atoms with Gasteiger partial charge in [-0.15, -0.1) is 0 Å². The molecule has 2 rings (SSSR count). The average Bonchev–Trinajstić information content (AvgIpc) is 2.46.